The quantitative estimate of drug-likeness (QED) is 0.723. The monoisotopic (exact) mass is 348 g/mol. The van der Waals surface area contributed by atoms with Gasteiger partial charge in [0.1, 0.15) is 11.6 Å². The molecule has 2 aromatic heterocycles. The third kappa shape index (κ3) is 2.35. The van der Waals surface area contributed by atoms with E-state index in [-0.39, 0.29) is 17.1 Å². The van der Waals surface area contributed by atoms with Crippen molar-refractivity contribution >= 4 is 16.9 Å². The van der Waals surface area contributed by atoms with E-state index in [9.17, 15) is 9.59 Å². The smallest absolute Gasteiger partial charge is 0.290 e. The predicted octanol–water partition coefficient (Wildman–Crippen LogP) is 3.76. The normalized spacial score (nSPS) is 16.3. The van der Waals surface area contributed by atoms with Crippen LogP contribution < -0.4 is 5.43 Å². The number of fused-ring (bicyclic) bond motifs is 2. The van der Waals surface area contributed by atoms with Gasteiger partial charge >= 0.3 is 0 Å². The fourth-order valence-corrected chi connectivity index (χ4v) is 3.59. The number of carbonyl (C=O) groups is 1. The molecular formula is C21H20N2O3. The number of amides is 1. The van der Waals surface area contributed by atoms with Gasteiger partial charge in [0, 0.05) is 12.7 Å². The van der Waals surface area contributed by atoms with Crippen molar-refractivity contribution in [3.05, 3.63) is 74.9 Å². The Balaban J connectivity index is 2.04. The van der Waals surface area contributed by atoms with E-state index in [2.05, 4.69) is 4.98 Å². The molecule has 5 heteroatoms. The first-order valence-corrected chi connectivity index (χ1v) is 8.82. The summed E-state index contributed by atoms with van der Waals surface area (Å²) in [6.07, 6.45) is 2.47. The lowest BCUT2D eigenvalue weighted by atomic mass is 10.0. The van der Waals surface area contributed by atoms with Crippen LogP contribution in [-0.2, 0) is 0 Å². The van der Waals surface area contributed by atoms with E-state index in [0.717, 1.165) is 17.5 Å². The third-order valence-corrected chi connectivity index (χ3v) is 5.01. The highest BCUT2D eigenvalue weighted by atomic mass is 16.3. The molecule has 1 aliphatic rings. The molecule has 0 saturated heterocycles. The van der Waals surface area contributed by atoms with Crippen molar-refractivity contribution in [2.45, 2.75) is 33.2 Å². The number of carbonyl (C=O) groups excluding carboxylic acids is 1. The Morgan fingerprint density at radius 1 is 1.15 bits per heavy atom. The molecule has 3 aromatic rings. The molecule has 0 aliphatic carbocycles. The molecule has 4 rings (SSSR count). The van der Waals surface area contributed by atoms with Crippen molar-refractivity contribution in [3.8, 4) is 0 Å². The minimum atomic E-state index is -0.499. The molecule has 26 heavy (non-hydrogen) atoms. The maximum atomic E-state index is 13.3. The molecule has 0 saturated carbocycles. The van der Waals surface area contributed by atoms with Crippen molar-refractivity contribution in [2.75, 3.05) is 6.54 Å². The van der Waals surface area contributed by atoms with Crippen molar-refractivity contribution in [3.63, 3.8) is 0 Å². The number of hydrogen-bond acceptors (Lipinski definition) is 4. The van der Waals surface area contributed by atoms with Crippen LogP contribution in [0.15, 0.2) is 45.7 Å². The molecule has 132 valence electrons. The van der Waals surface area contributed by atoms with Crippen LogP contribution >= 0.6 is 0 Å². The van der Waals surface area contributed by atoms with Gasteiger partial charge in [0.15, 0.2) is 5.43 Å². The van der Waals surface area contributed by atoms with E-state index in [4.69, 9.17) is 4.42 Å². The maximum Gasteiger partial charge on any atom is 0.290 e. The first-order chi connectivity index (χ1) is 12.5. The predicted molar refractivity (Wildman–Crippen MR) is 99.4 cm³/mol. The minimum absolute atomic E-state index is 0.146. The Labute approximate surface area is 151 Å². The van der Waals surface area contributed by atoms with Gasteiger partial charge in [0.25, 0.3) is 5.91 Å². The molecule has 1 aromatic carbocycles. The summed E-state index contributed by atoms with van der Waals surface area (Å²) >= 11 is 0. The summed E-state index contributed by atoms with van der Waals surface area (Å²) in [6.45, 7) is 6.47. The van der Waals surface area contributed by atoms with Crippen LogP contribution in [0.25, 0.3) is 11.0 Å². The van der Waals surface area contributed by atoms with Crippen LogP contribution in [0, 0.1) is 13.8 Å². The molecule has 0 N–H and O–H groups in total. The summed E-state index contributed by atoms with van der Waals surface area (Å²) in [4.78, 5) is 32.4. The second-order valence-corrected chi connectivity index (χ2v) is 6.76. The van der Waals surface area contributed by atoms with Crippen molar-refractivity contribution in [1.82, 2.24) is 9.88 Å². The van der Waals surface area contributed by atoms with Crippen LogP contribution in [0.1, 0.15) is 52.3 Å². The number of aromatic nitrogens is 1. The Hall–Kier alpha value is -2.95. The highest BCUT2D eigenvalue weighted by Gasteiger charge is 2.42. The van der Waals surface area contributed by atoms with E-state index in [0.29, 0.717) is 28.8 Å². The van der Waals surface area contributed by atoms with E-state index < -0.39 is 6.04 Å². The first-order valence-electron chi connectivity index (χ1n) is 8.82. The molecule has 0 fully saturated rings. The lowest BCUT2D eigenvalue weighted by Crippen LogP contribution is -2.30. The van der Waals surface area contributed by atoms with E-state index in [1.807, 2.05) is 51.1 Å². The molecule has 1 aliphatic heterocycles. The van der Waals surface area contributed by atoms with E-state index >= 15 is 0 Å². The van der Waals surface area contributed by atoms with Gasteiger partial charge in [-0.15, -0.1) is 0 Å². The fourth-order valence-electron chi connectivity index (χ4n) is 3.59. The lowest BCUT2D eigenvalue weighted by Gasteiger charge is -2.23. The van der Waals surface area contributed by atoms with Crippen LogP contribution in [-0.4, -0.2) is 22.3 Å². The molecular weight excluding hydrogens is 328 g/mol. The SMILES string of the molecule is CCCN1C(=O)c2oc3cc(C)c(C)cc3c(=O)c2C1c1ccccn1. The molecule has 0 bridgehead atoms. The molecule has 0 radical (unpaired) electrons. The molecule has 0 spiro atoms. The summed E-state index contributed by atoms with van der Waals surface area (Å²) in [7, 11) is 0. The van der Waals surface area contributed by atoms with Gasteiger partial charge in [-0.1, -0.05) is 13.0 Å². The number of hydrogen-bond donors (Lipinski definition) is 0. The zero-order valence-electron chi connectivity index (χ0n) is 15.1. The average molecular weight is 348 g/mol. The van der Waals surface area contributed by atoms with Gasteiger partial charge in [-0.2, -0.15) is 0 Å². The Morgan fingerprint density at radius 3 is 2.62 bits per heavy atom. The Kier molecular flexibility index (Phi) is 3.87. The standard InChI is InChI=1S/C21H20N2O3/c1-4-9-23-18(15-7-5-6-8-22-15)17-19(24)14-10-12(2)13(3)11-16(14)26-20(17)21(23)25/h5-8,10-11,18H,4,9H2,1-3H3. The maximum absolute atomic E-state index is 13.3. The highest BCUT2D eigenvalue weighted by Crippen LogP contribution is 2.37. The molecule has 5 nitrogen and oxygen atoms in total. The van der Waals surface area contributed by atoms with Crippen LogP contribution in [0.4, 0.5) is 0 Å². The topological polar surface area (TPSA) is 63.4 Å². The zero-order valence-corrected chi connectivity index (χ0v) is 15.1. The molecule has 1 amide bonds. The van der Waals surface area contributed by atoms with Crippen LogP contribution in [0.5, 0.6) is 0 Å². The van der Waals surface area contributed by atoms with Crippen LogP contribution in [0.2, 0.25) is 0 Å². The summed E-state index contributed by atoms with van der Waals surface area (Å²) in [5, 5.41) is 0.513. The highest BCUT2D eigenvalue weighted by molar-refractivity contribution is 5.99. The second kappa shape index (κ2) is 6.09. The fraction of sp³-hybridized carbons (Fsp3) is 0.286. The van der Waals surface area contributed by atoms with E-state index in [1.54, 1.807) is 11.1 Å². The van der Waals surface area contributed by atoms with Gasteiger partial charge in [-0.25, -0.2) is 0 Å². The zero-order chi connectivity index (χ0) is 18.4. The minimum Gasteiger partial charge on any atom is -0.450 e. The Bertz CT molecular complexity index is 1070. The number of aryl methyl sites for hydroxylation is 2. The molecule has 1 unspecified atom stereocenters. The van der Waals surface area contributed by atoms with Crippen molar-refractivity contribution in [1.29, 1.82) is 0 Å². The van der Waals surface area contributed by atoms with Gasteiger partial charge in [-0.3, -0.25) is 14.6 Å². The molecule has 3 heterocycles. The number of rotatable bonds is 3. The summed E-state index contributed by atoms with van der Waals surface area (Å²) in [5.74, 6) is -0.0930. The Morgan fingerprint density at radius 2 is 1.92 bits per heavy atom. The summed E-state index contributed by atoms with van der Waals surface area (Å²) in [6, 6.07) is 8.71. The van der Waals surface area contributed by atoms with Gasteiger partial charge in [-0.05, 0) is 55.7 Å². The third-order valence-electron chi connectivity index (χ3n) is 5.01. The number of pyridine rings is 1. The number of benzene rings is 1. The largest absolute Gasteiger partial charge is 0.450 e. The van der Waals surface area contributed by atoms with Gasteiger partial charge < -0.3 is 9.32 Å². The average Bonchev–Trinajstić information content (AvgIpc) is 2.91. The van der Waals surface area contributed by atoms with Crippen molar-refractivity contribution in [2.24, 2.45) is 0 Å². The van der Waals surface area contributed by atoms with Crippen molar-refractivity contribution < 1.29 is 9.21 Å². The summed E-state index contributed by atoms with van der Waals surface area (Å²) < 4.78 is 5.94. The summed E-state index contributed by atoms with van der Waals surface area (Å²) in [5.41, 5.74) is 3.45. The first kappa shape index (κ1) is 16.5. The van der Waals surface area contributed by atoms with Gasteiger partial charge in [0.2, 0.25) is 5.76 Å². The lowest BCUT2D eigenvalue weighted by molar-refractivity contribution is 0.0725. The van der Waals surface area contributed by atoms with E-state index in [1.165, 1.54) is 0 Å². The number of nitrogens with zero attached hydrogens (tertiary/aromatic N) is 2. The van der Waals surface area contributed by atoms with Gasteiger partial charge in [0.05, 0.1) is 16.6 Å². The van der Waals surface area contributed by atoms with Crippen LogP contribution in [0.3, 0.4) is 0 Å². The second-order valence-electron chi connectivity index (χ2n) is 6.76. The molecule has 1 atom stereocenters.